The van der Waals surface area contributed by atoms with Gasteiger partial charge in [-0.3, -0.25) is 4.79 Å². The number of halogens is 2. The van der Waals surface area contributed by atoms with Gasteiger partial charge in [0.1, 0.15) is 29.8 Å². The molecule has 0 N–H and O–H groups in total. The van der Waals surface area contributed by atoms with Crippen LogP contribution in [0.1, 0.15) is 37.3 Å². The second-order valence-corrected chi connectivity index (χ2v) is 6.41. The summed E-state index contributed by atoms with van der Waals surface area (Å²) < 4.78 is 39.2. The van der Waals surface area contributed by atoms with E-state index in [1.807, 2.05) is 6.92 Å². The van der Waals surface area contributed by atoms with Crippen molar-refractivity contribution in [3.63, 3.8) is 0 Å². The first-order chi connectivity index (χ1) is 10.4. The van der Waals surface area contributed by atoms with Gasteiger partial charge in [-0.15, -0.1) is 0 Å². The van der Waals surface area contributed by atoms with Crippen molar-refractivity contribution in [2.45, 2.75) is 51.2 Å². The third-order valence-electron chi connectivity index (χ3n) is 5.04. The van der Waals surface area contributed by atoms with Crippen LogP contribution in [0.2, 0.25) is 0 Å². The van der Waals surface area contributed by atoms with E-state index in [9.17, 15) is 13.6 Å². The Morgan fingerprint density at radius 2 is 2.14 bits per heavy atom. The van der Waals surface area contributed by atoms with Crippen LogP contribution in [0.3, 0.4) is 0 Å². The SMILES string of the molecule is Cc1cc(F)c(C[C@H](C)[C@]23CCC(=O)CC2OCO3)cc1F. The molecule has 1 aliphatic carbocycles. The topological polar surface area (TPSA) is 35.5 Å². The first kappa shape index (κ1) is 15.6. The quantitative estimate of drug-likeness (QED) is 0.859. The molecule has 1 saturated heterocycles. The number of ketones is 1. The van der Waals surface area contributed by atoms with Gasteiger partial charge < -0.3 is 9.47 Å². The van der Waals surface area contributed by atoms with Crippen molar-refractivity contribution in [3.8, 4) is 0 Å². The van der Waals surface area contributed by atoms with Gasteiger partial charge in [-0.2, -0.15) is 0 Å². The number of carbonyl (C=O) groups excluding carboxylic acids is 1. The molecule has 1 aromatic rings. The third kappa shape index (κ3) is 2.57. The molecule has 3 rings (SSSR count). The van der Waals surface area contributed by atoms with Crippen molar-refractivity contribution >= 4 is 5.78 Å². The van der Waals surface area contributed by atoms with Gasteiger partial charge in [0, 0.05) is 12.8 Å². The van der Waals surface area contributed by atoms with Gasteiger partial charge in [0.05, 0.1) is 6.10 Å². The Kier molecular flexibility index (Phi) is 4.03. The molecule has 0 aromatic heterocycles. The van der Waals surface area contributed by atoms with Crippen LogP contribution in [0.4, 0.5) is 8.78 Å². The Hall–Kier alpha value is -1.33. The number of aryl methyl sites for hydroxylation is 1. The largest absolute Gasteiger partial charge is 0.349 e. The number of Topliss-reactive ketones (excluding diaryl/α,β-unsaturated/α-hetero) is 1. The first-order valence-corrected chi connectivity index (χ1v) is 7.64. The molecule has 1 saturated carbocycles. The van der Waals surface area contributed by atoms with Crippen LogP contribution in [0.25, 0.3) is 0 Å². The van der Waals surface area contributed by atoms with Crippen molar-refractivity contribution in [3.05, 3.63) is 34.9 Å². The summed E-state index contributed by atoms with van der Waals surface area (Å²) in [4.78, 5) is 11.6. The lowest BCUT2D eigenvalue weighted by Crippen LogP contribution is -2.50. The molecule has 2 fully saturated rings. The molecule has 0 amide bonds. The molecular weight excluding hydrogens is 290 g/mol. The molecule has 1 unspecified atom stereocenters. The standard InChI is InChI=1S/C17H20F2O3/c1-10-5-15(19)12(7-14(10)18)6-11(2)17-4-3-13(20)8-16(17)21-9-22-17/h5,7,11,16H,3-4,6,8-9H2,1-2H3/t11-,16?,17+/m0/s1. The highest BCUT2D eigenvalue weighted by molar-refractivity contribution is 5.80. The summed E-state index contributed by atoms with van der Waals surface area (Å²) in [7, 11) is 0. The number of ether oxygens (including phenoxy) is 2. The van der Waals surface area contributed by atoms with Crippen molar-refractivity contribution < 1.29 is 23.0 Å². The van der Waals surface area contributed by atoms with Crippen molar-refractivity contribution in [2.24, 2.45) is 5.92 Å². The molecule has 2 aliphatic rings. The van der Waals surface area contributed by atoms with E-state index in [2.05, 4.69) is 0 Å². The second-order valence-electron chi connectivity index (χ2n) is 6.41. The molecule has 3 nitrogen and oxygen atoms in total. The number of carbonyl (C=O) groups is 1. The van der Waals surface area contributed by atoms with Crippen LogP contribution >= 0.6 is 0 Å². The third-order valence-corrected chi connectivity index (χ3v) is 5.04. The van der Waals surface area contributed by atoms with Gasteiger partial charge in [-0.25, -0.2) is 8.78 Å². The van der Waals surface area contributed by atoms with Gasteiger partial charge in [-0.1, -0.05) is 6.92 Å². The zero-order chi connectivity index (χ0) is 15.9. The summed E-state index contributed by atoms with van der Waals surface area (Å²) in [6.45, 7) is 3.66. The molecule has 3 atom stereocenters. The fourth-order valence-corrected chi connectivity index (χ4v) is 3.62. The van der Waals surface area contributed by atoms with Crippen LogP contribution in [0.15, 0.2) is 12.1 Å². The van der Waals surface area contributed by atoms with E-state index in [1.54, 1.807) is 6.92 Å². The van der Waals surface area contributed by atoms with E-state index in [0.717, 1.165) is 0 Å². The molecule has 1 aromatic carbocycles. The van der Waals surface area contributed by atoms with E-state index < -0.39 is 17.2 Å². The summed E-state index contributed by atoms with van der Waals surface area (Å²) in [5.74, 6) is -0.694. The summed E-state index contributed by atoms with van der Waals surface area (Å²) in [6, 6.07) is 2.49. The van der Waals surface area contributed by atoms with Crippen LogP contribution in [-0.4, -0.2) is 24.3 Å². The van der Waals surface area contributed by atoms with Crippen molar-refractivity contribution in [1.29, 1.82) is 0 Å². The zero-order valence-electron chi connectivity index (χ0n) is 12.8. The number of rotatable bonds is 3. The van der Waals surface area contributed by atoms with Crippen LogP contribution in [0.5, 0.6) is 0 Å². The zero-order valence-corrected chi connectivity index (χ0v) is 12.8. The molecule has 0 bridgehead atoms. The molecule has 1 aliphatic heterocycles. The maximum atomic E-state index is 14.1. The summed E-state index contributed by atoms with van der Waals surface area (Å²) in [5, 5.41) is 0. The summed E-state index contributed by atoms with van der Waals surface area (Å²) in [6.07, 6.45) is 1.46. The Morgan fingerprint density at radius 3 is 2.91 bits per heavy atom. The van der Waals surface area contributed by atoms with Gasteiger partial charge in [0.15, 0.2) is 0 Å². The molecule has 22 heavy (non-hydrogen) atoms. The van der Waals surface area contributed by atoms with Crippen LogP contribution in [-0.2, 0) is 20.7 Å². The highest BCUT2D eigenvalue weighted by atomic mass is 19.1. The normalized spacial score (nSPS) is 29.5. The maximum absolute atomic E-state index is 14.1. The molecule has 5 heteroatoms. The molecule has 0 radical (unpaired) electrons. The van der Waals surface area contributed by atoms with E-state index in [1.165, 1.54) is 12.1 Å². The number of benzene rings is 1. The lowest BCUT2D eigenvalue weighted by Gasteiger charge is -2.40. The van der Waals surface area contributed by atoms with Gasteiger partial charge in [0.25, 0.3) is 0 Å². The van der Waals surface area contributed by atoms with E-state index in [-0.39, 0.29) is 24.6 Å². The van der Waals surface area contributed by atoms with E-state index >= 15 is 0 Å². The monoisotopic (exact) mass is 310 g/mol. The van der Waals surface area contributed by atoms with Gasteiger partial charge in [0.2, 0.25) is 0 Å². The van der Waals surface area contributed by atoms with Crippen molar-refractivity contribution in [2.75, 3.05) is 6.79 Å². The fraction of sp³-hybridized carbons (Fsp3) is 0.588. The first-order valence-electron chi connectivity index (χ1n) is 7.64. The Bertz CT molecular complexity index is 602. The minimum Gasteiger partial charge on any atom is -0.349 e. The second kappa shape index (κ2) is 5.70. The number of hydrogen-bond acceptors (Lipinski definition) is 3. The molecule has 1 heterocycles. The van der Waals surface area contributed by atoms with Crippen molar-refractivity contribution in [1.82, 2.24) is 0 Å². The predicted molar refractivity (Wildman–Crippen MR) is 76.4 cm³/mol. The summed E-state index contributed by atoms with van der Waals surface area (Å²) >= 11 is 0. The molecule has 120 valence electrons. The Labute approximate surface area is 128 Å². The molecular formula is C17H20F2O3. The number of fused-ring (bicyclic) bond motifs is 1. The fourth-order valence-electron chi connectivity index (χ4n) is 3.62. The lowest BCUT2D eigenvalue weighted by atomic mass is 9.72. The minimum atomic E-state index is -0.568. The van der Waals surface area contributed by atoms with Gasteiger partial charge >= 0.3 is 0 Å². The molecule has 0 spiro atoms. The smallest absolute Gasteiger partial charge is 0.148 e. The van der Waals surface area contributed by atoms with E-state index in [4.69, 9.17) is 9.47 Å². The predicted octanol–water partition coefficient (Wildman–Crippen LogP) is 3.32. The van der Waals surface area contributed by atoms with E-state index in [0.29, 0.717) is 36.8 Å². The van der Waals surface area contributed by atoms with Gasteiger partial charge in [-0.05, 0) is 48.9 Å². The number of hydrogen-bond donors (Lipinski definition) is 0. The highest BCUT2D eigenvalue weighted by Gasteiger charge is 2.52. The van der Waals surface area contributed by atoms with Crippen LogP contribution < -0.4 is 0 Å². The Morgan fingerprint density at radius 1 is 1.36 bits per heavy atom. The Balaban J connectivity index is 1.83. The average Bonchev–Trinajstić information content (AvgIpc) is 2.88. The van der Waals surface area contributed by atoms with Crippen LogP contribution in [0, 0.1) is 24.5 Å². The summed E-state index contributed by atoms with van der Waals surface area (Å²) in [5.41, 5.74) is 0.0756. The maximum Gasteiger partial charge on any atom is 0.148 e. The highest BCUT2D eigenvalue weighted by Crippen LogP contribution is 2.43. The lowest BCUT2D eigenvalue weighted by molar-refractivity contribution is -0.130. The minimum absolute atomic E-state index is 0.0651. The average molecular weight is 310 g/mol.